The number of hydrogen-bond acceptors (Lipinski definition) is 3. The lowest BCUT2D eigenvalue weighted by Gasteiger charge is -2.12. The predicted octanol–water partition coefficient (Wildman–Crippen LogP) is 2.35. The van der Waals surface area contributed by atoms with E-state index in [2.05, 4.69) is 5.10 Å². The van der Waals surface area contributed by atoms with Crippen molar-refractivity contribution in [2.75, 3.05) is 5.73 Å². The highest BCUT2D eigenvalue weighted by molar-refractivity contribution is 5.78. The lowest BCUT2D eigenvalue weighted by molar-refractivity contribution is 0.153. The van der Waals surface area contributed by atoms with Gasteiger partial charge in [0.25, 0.3) is 0 Å². The molecule has 4 heteroatoms. The summed E-state index contributed by atoms with van der Waals surface area (Å²) in [6.07, 6.45) is 1.22. The molecule has 96 valence electrons. The van der Waals surface area contributed by atoms with E-state index in [9.17, 15) is 5.11 Å². The fourth-order valence-corrected chi connectivity index (χ4v) is 2.16. The Balaban J connectivity index is 1.86. The molecule has 0 aliphatic rings. The van der Waals surface area contributed by atoms with Crippen LogP contribution >= 0.6 is 0 Å². The molecule has 0 bridgehead atoms. The van der Waals surface area contributed by atoms with E-state index in [4.69, 9.17) is 5.73 Å². The van der Waals surface area contributed by atoms with Crippen LogP contribution in [0.4, 0.5) is 5.69 Å². The molecule has 1 unspecified atom stereocenters. The number of hydrogen-bond donors (Lipinski definition) is 2. The Morgan fingerprint density at radius 3 is 2.63 bits per heavy atom. The van der Waals surface area contributed by atoms with Crippen LogP contribution in [0.5, 0.6) is 0 Å². The van der Waals surface area contributed by atoms with E-state index < -0.39 is 6.10 Å². The van der Waals surface area contributed by atoms with Crippen molar-refractivity contribution in [2.24, 2.45) is 0 Å². The molecule has 19 heavy (non-hydrogen) atoms. The molecular formula is C15H15N3O. The van der Waals surface area contributed by atoms with Crippen LogP contribution in [-0.4, -0.2) is 14.9 Å². The quantitative estimate of drug-likeness (QED) is 0.704. The summed E-state index contributed by atoms with van der Waals surface area (Å²) >= 11 is 0. The minimum atomic E-state index is -0.594. The van der Waals surface area contributed by atoms with Crippen LogP contribution < -0.4 is 5.73 Å². The molecule has 3 rings (SSSR count). The second kappa shape index (κ2) is 4.74. The highest BCUT2D eigenvalue weighted by Crippen LogP contribution is 2.19. The van der Waals surface area contributed by atoms with Crippen molar-refractivity contribution >= 4 is 16.6 Å². The van der Waals surface area contributed by atoms with Crippen LogP contribution in [-0.2, 0) is 6.54 Å². The number of anilines is 1. The first-order valence-electron chi connectivity index (χ1n) is 6.18. The van der Waals surface area contributed by atoms with Crippen LogP contribution in [0.25, 0.3) is 10.9 Å². The van der Waals surface area contributed by atoms with Gasteiger partial charge in [-0.25, -0.2) is 0 Å². The van der Waals surface area contributed by atoms with Crippen molar-refractivity contribution < 1.29 is 5.11 Å². The summed E-state index contributed by atoms with van der Waals surface area (Å²) in [6, 6.07) is 15.2. The number of para-hydroxylation sites is 1. The molecule has 1 heterocycles. The average Bonchev–Trinajstić information content (AvgIpc) is 2.83. The lowest BCUT2D eigenvalue weighted by atomic mass is 10.1. The van der Waals surface area contributed by atoms with E-state index in [0.29, 0.717) is 12.2 Å². The molecule has 0 spiro atoms. The molecule has 0 amide bonds. The maximum absolute atomic E-state index is 10.2. The Morgan fingerprint density at radius 1 is 1.11 bits per heavy atom. The maximum atomic E-state index is 10.2. The highest BCUT2D eigenvalue weighted by Gasteiger charge is 2.10. The van der Waals surface area contributed by atoms with Gasteiger partial charge in [-0.15, -0.1) is 0 Å². The van der Waals surface area contributed by atoms with Crippen molar-refractivity contribution in [2.45, 2.75) is 12.6 Å². The van der Waals surface area contributed by atoms with Crippen LogP contribution in [0, 0.1) is 0 Å². The van der Waals surface area contributed by atoms with Gasteiger partial charge in [0.2, 0.25) is 0 Å². The molecule has 0 saturated heterocycles. The average molecular weight is 253 g/mol. The molecule has 0 aliphatic carbocycles. The molecule has 0 fully saturated rings. The molecule has 3 N–H and O–H groups in total. The van der Waals surface area contributed by atoms with Crippen LogP contribution in [0.1, 0.15) is 11.7 Å². The molecule has 4 nitrogen and oxygen atoms in total. The molecular weight excluding hydrogens is 238 g/mol. The Labute approximate surface area is 111 Å². The van der Waals surface area contributed by atoms with Crippen molar-refractivity contribution in [1.29, 1.82) is 0 Å². The van der Waals surface area contributed by atoms with E-state index in [0.717, 1.165) is 16.5 Å². The van der Waals surface area contributed by atoms with Crippen molar-refractivity contribution in [3.63, 3.8) is 0 Å². The number of aliphatic hydroxyl groups is 1. The van der Waals surface area contributed by atoms with Gasteiger partial charge < -0.3 is 10.8 Å². The molecule has 3 aromatic rings. The number of nitrogen functional groups attached to an aromatic ring is 1. The van der Waals surface area contributed by atoms with Gasteiger partial charge in [-0.05, 0) is 23.8 Å². The van der Waals surface area contributed by atoms with E-state index in [1.54, 1.807) is 12.1 Å². The van der Waals surface area contributed by atoms with E-state index in [1.165, 1.54) is 0 Å². The maximum Gasteiger partial charge on any atom is 0.0986 e. The van der Waals surface area contributed by atoms with E-state index in [-0.39, 0.29) is 0 Å². The molecule has 2 aromatic carbocycles. The van der Waals surface area contributed by atoms with Gasteiger partial charge in [0, 0.05) is 11.1 Å². The van der Waals surface area contributed by atoms with Gasteiger partial charge >= 0.3 is 0 Å². The molecule has 0 radical (unpaired) electrons. The summed E-state index contributed by atoms with van der Waals surface area (Å²) < 4.78 is 1.82. The largest absolute Gasteiger partial charge is 0.399 e. The van der Waals surface area contributed by atoms with Crippen LogP contribution in [0.15, 0.2) is 54.7 Å². The number of benzene rings is 2. The standard InChI is InChI=1S/C15H15N3O/c16-13-7-5-11(6-8-13)15(19)10-18-14-4-2-1-3-12(14)9-17-18/h1-9,15,19H,10,16H2. The van der Waals surface area contributed by atoms with Gasteiger partial charge in [0.15, 0.2) is 0 Å². The summed E-state index contributed by atoms with van der Waals surface area (Å²) in [5.41, 5.74) is 8.20. The molecule has 0 aliphatic heterocycles. The number of aliphatic hydroxyl groups excluding tert-OH is 1. The van der Waals surface area contributed by atoms with Gasteiger partial charge in [-0.1, -0.05) is 30.3 Å². The second-order valence-electron chi connectivity index (χ2n) is 4.57. The third kappa shape index (κ3) is 2.30. The number of nitrogens with two attached hydrogens (primary N) is 1. The van der Waals surface area contributed by atoms with Gasteiger partial charge in [-0.2, -0.15) is 5.10 Å². The minimum absolute atomic E-state index is 0.428. The first-order valence-corrected chi connectivity index (χ1v) is 6.18. The Kier molecular flexibility index (Phi) is 2.93. The van der Waals surface area contributed by atoms with Gasteiger partial charge in [0.05, 0.1) is 24.4 Å². The monoisotopic (exact) mass is 253 g/mol. The molecule has 1 aromatic heterocycles. The molecule has 1 atom stereocenters. The number of aromatic nitrogens is 2. The van der Waals surface area contributed by atoms with E-state index >= 15 is 0 Å². The topological polar surface area (TPSA) is 64.1 Å². The smallest absolute Gasteiger partial charge is 0.0986 e. The number of fused-ring (bicyclic) bond motifs is 1. The third-order valence-corrected chi connectivity index (χ3v) is 3.22. The van der Waals surface area contributed by atoms with Gasteiger partial charge in [0.1, 0.15) is 0 Å². The normalized spacial score (nSPS) is 12.7. The summed E-state index contributed by atoms with van der Waals surface area (Å²) in [5, 5.41) is 15.6. The Hall–Kier alpha value is -2.33. The lowest BCUT2D eigenvalue weighted by Crippen LogP contribution is -2.09. The SMILES string of the molecule is Nc1ccc(C(O)Cn2ncc3ccccc32)cc1. The van der Waals surface area contributed by atoms with Crippen molar-refractivity contribution in [1.82, 2.24) is 9.78 Å². The summed E-state index contributed by atoms with van der Waals surface area (Å²) in [5.74, 6) is 0. The Morgan fingerprint density at radius 2 is 1.84 bits per heavy atom. The van der Waals surface area contributed by atoms with Gasteiger partial charge in [-0.3, -0.25) is 4.68 Å². The zero-order valence-electron chi connectivity index (χ0n) is 10.4. The van der Waals surface area contributed by atoms with Crippen molar-refractivity contribution in [3.8, 4) is 0 Å². The molecule has 0 saturated carbocycles. The summed E-state index contributed by atoms with van der Waals surface area (Å²) in [6.45, 7) is 0.428. The van der Waals surface area contributed by atoms with Crippen LogP contribution in [0.3, 0.4) is 0 Å². The Bertz CT molecular complexity index is 688. The first kappa shape index (κ1) is 11.7. The van der Waals surface area contributed by atoms with Crippen LogP contribution in [0.2, 0.25) is 0 Å². The predicted molar refractivity (Wildman–Crippen MR) is 75.5 cm³/mol. The summed E-state index contributed by atoms with van der Waals surface area (Å²) in [4.78, 5) is 0. The second-order valence-corrected chi connectivity index (χ2v) is 4.57. The fraction of sp³-hybridized carbons (Fsp3) is 0.133. The summed E-state index contributed by atoms with van der Waals surface area (Å²) in [7, 11) is 0. The van der Waals surface area contributed by atoms with Crippen molar-refractivity contribution in [3.05, 3.63) is 60.3 Å². The number of nitrogens with zero attached hydrogens (tertiary/aromatic N) is 2. The zero-order valence-corrected chi connectivity index (χ0v) is 10.4. The third-order valence-electron chi connectivity index (χ3n) is 3.22. The minimum Gasteiger partial charge on any atom is -0.399 e. The zero-order chi connectivity index (χ0) is 13.2. The first-order chi connectivity index (χ1) is 9.24. The highest BCUT2D eigenvalue weighted by atomic mass is 16.3. The fourth-order valence-electron chi connectivity index (χ4n) is 2.16. The number of rotatable bonds is 3. The van der Waals surface area contributed by atoms with E-state index in [1.807, 2.05) is 47.3 Å².